The monoisotopic (exact) mass is 331 g/mol. The number of hydrogen-bond acceptors (Lipinski definition) is 1. The molecule has 0 radical (unpaired) electrons. The lowest BCUT2D eigenvalue weighted by Crippen LogP contribution is -2.25. The van der Waals surface area contributed by atoms with E-state index < -0.39 is 0 Å². The Morgan fingerprint density at radius 1 is 1.15 bits per heavy atom. The number of hydrogen-bond donors (Lipinski definition) is 0. The molecule has 0 N–H and O–H groups in total. The van der Waals surface area contributed by atoms with E-state index in [0.29, 0.717) is 0 Å². The third-order valence-corrected chi connectivity index (χ3v) is 4.98. The lowest BCUT2D eigenvalue weighted by atomic mass is 9.92. The average molecular weight is 332 g/mol. The third-order valence-electron chi connectivity index (χ3n) is 4.04. The quantitative estimate of drug-likeness (QED) is 0.752. The smallest absolute Gasteiger partial charge is 0.246 e. The average Bonchev–Trinajstić information content (AvgIpc) is 3.01. The molecule has 1 aromatic carbocycles. The van der Waals surface area contributed by atoms with Crippen molar-refractivity contribution in [1.82, 2.24) is 4.90 Å². The van der Waals surface area contributed by atoms with Crippen LogP contribution in [-0.2, 0) is 11.2 Å². The molecule has 0 bridgehead atoms. The van der Waals surface area contributed by atoms with E-state index in [9.17, 15) is 4.79 Å². The number of nitrogens with zero attached hydrogens (tertiary/aromatic N) is 1. The molecule has 3 heteroatoms. The van der Waals surface area contributed by atoms with Gasteiger partial charge in [0.1, 0.15) is 0 Å². The van der Waals surface area contributed by atoms with Crippen LogP contribution in [0.3, 0.4) is 0 Å². The molecule has 0 atom stereocenters. The molecule has 1 aliphatic heterocycles. The normalized spacial score (nSPS) is 18.8. The molecule has 0 saturated carbocycles. The van der Waals surface area contributed by atoms with Crippen LogP contribution in [0.25, 0.3) is 4.48 Å². The highest BCUT2D eigenvalue weighted by Crippen LogP contribution is 2.35. The van der Waals surface area contributed by atoms with E-state index in [1.165, 1.54) is 16.7 Å². The fourth-order valence-corrected chi connectivity index (χ4v) is 3.59. The van der Waals surface area contributed by atoms with Gasteiger partial charge in [-0.3, -0.25) is 4.79 Å². The van der Waals surface area contributed by atoms with Crippen molar-refractivity contribution in [3.8, 4) is 0 Å². The van der Waals surface area contributed by atoms with E-state index in [1.807, 2.05) is 11.0 Å². The van der Waals surface area contributed by atoms with Crippen LogP contribution in [0.4, 0.5) is 0 Å². The second-order valence-electron chi connectivity index (χ2n) is 5.36. The molecule has 1 saturated heterocycles. The molecule has 0 aromatic heterocycles. The van der Waals surface area contributed by atoms with Crippen molar-refractivity contribution in [1.29, 1.82) is 0 Å². The zero-order valence-electron chi connectivity index (χ0n) is 11.4. The Balaban J connectivity index is 1.79. The van der Waals surface area contributed by atoms with Crippen molar-refractivity contribution < 1.29 is 4.79 Å². The Hall–Kier alpha value is -1.35. The Kier molecular flexibility index (Phi) is 4.06. The minimum absolute atomic E-state index is 0.147. The highest BCUT2D eigenvalue weighted by atomic mass is 79.9. The van der Waals surface area contributed by atoms with E-state index >= 15 is 0 Å². The molecule has 1 heterocycles. The van der Waals surface area contributed by atoms with E-state index in [-0.39, 0.29) is 5.91 Å². The van der Waals surface area contributed by atoms with Crippen LogP contribution >= 0.6 is 15.9 Å². The summed E-state index contributed by atoms with van der Waals surface area (Å²) < 4.78 is 1.13. The molecular formula is C17H18BrNO. The highest BCUT2D eigenvalue weighted by molar-refractivity contribution is 9.15. The number of aryl methyl sites for hydroxylation is 1. The van der Waals surface area contributed by atoms with Crippen LogP contribution < -0.4 is 0 Å². The van der Waals surface area contributed by atoms with Crippen molar-refractivity contribution in [2.45, 2.75) is 25.7 Å². The molecule has 2 nitrogen and oxygen atoms in total. The maximum Gasteiger partial charge on any atom is 0.246 e. The van der Waals surface area contributed by atoms with Crippen LogP contribution in [0.5, 0.6) is 0 Å². The first-order chi connectivity index (χ1) is 9.75. The van der Waals surface area contributed by atoms with Crippen molar-refractivity contribution in [3.05, 3.63) is 53.1 Å². The third kappa shape index (κ3) is 2.73. The Labute approximate surface area is 128 Å². The Morgan fingerprint density at radius 2 is 1.90 bits per heavy atom. The van der Waals surface area contributed by atoms with Crippen LogP contribution in [0, 0.1) is 0 Å². The number of allylic oxidation sites excluding steroid dienone is 2. The molecule has 1 fully saturated rings. The van der Waals surface area contributed by atoms with Crippen LogP contribution in [0.1, 0.15) is 30.4 Å². The zero-order valence-corrected chi connectivity index (χ0v) is 13.0. The molecule has 0 unspecified atom stereocenters. The van der Waals surface area contributed by atoms with Gasteiger partial charge < -0.3 is 4.90 Å². The summed E-state index contributed by atoms with van der Waals surface area (Å²) in [6.45, 7) is 1.82. The molecule has 104 valence electrons. The first kappa shape index (κ1) is 13.6. The van der Waals surface area contributed by atoms with Gasteiger partial charge in [-0.1, -0.05) is 30.3 Å². The molecule has 0 spiro atoms. The summed E-state index contributed by atoms with van der Waals surface area (Å²) in [6.07, 6.45) is 8.03. The van der Waals surface area contributed by atoms with Gasteiger partial charge in [0.2, 0.25) is 5.91 Å². The van der Waals surface area contributed by atoms with E-state index in [0.717, 1.165) is 43.3 Å². The SMILES string of the molecule is O=C(C=CC1=C(Br)c2ccccc2CC1)N1CCCC1. The summed E-state index contributed by atoms with van der Waals surface area (Å²) in [5, 5.41) is 0. The lowest BCUT2D eigenvalue weighted by molar-refractivity contribution is -0.124. The van der Waals surface area contributed by atoms with E-state index in [4.69, 9.17) is 0 Å². The van der Waals surface area contributed by atoms with Gasteiger partial charge in [0.05, 0.1) is 0 Å². The Morgan fingerprint density at radius 3 is 2.70 bits per heavy atom. The second kappa shape index (κ2) is 5.96. The van der Waals surface area contributed by atoms with E-state index in [1.54, 1.807) is 6.08 Å². The number of benzene rings is 1. The maximum atomic E-state index is 12.0. The molecule has 1 aliphatic carbocycles. The first-order valence-electron chi connectivity index (χ1n) is 7.19. The molecule has 1 amide bonds. The second-order valence-corrected chi connectivity index (χ2v) is 6.16. The van der Waals surface area contributed by atoms with Crippen molar-refractivity contribution in [3.63, 3.8) is 0 Å². The van der Waals surface area contributed by atoms with Gasteiger partial charge in [0.15, 0.2) is 0 Å². The predicted molar refractivity (Wildman–Crippen MR) is 85.6 cm³/mol. The number of amides is 1. The van der Waals surface area contributed by atoms with Crippen LogP contribution in [0.2, 0.25) is 0 Å². The van der Waals surface area contributed by atoms with Crippen LogP contribution in [-0.4, -0.2) is 23.9 Å². The van der Waals surface area contributed by atoms with Crippen LogP contribution in [0.15, 0.2) is 42.0 Å². The number of likely N-dealkylation sites (tertiary alicyclic amines) is 1. The van der Waals surface area contributed by atoms with Gasteiger partial charge in [-0.05, 0) is 58.3 Å². The van der Waals surface area contributed by atoms with Gasteiger partial charge in [-0.15, -0.1) is 0 Å². The fraction of sp³-hybridized carbons (Fsp3) is 0.353. The number of carbonyl (C=O) groups excluding carboxylic acids is 1. The van der Waals surface area contributed by atoms with Gasteiger partial charge >= 0.3 is 0 Å². The van der Waals surface area contributed by atoms with E-state index in [2.05, 4.69) is 40.2 Å². The molecule has 3 rings (SSSR count). The van der Waals surface area contributed by atoms with Gasteiger partial charge in [0, 0.05) is 23.6 Å². The molecule has 1 aromatic rings. The highest BCUT2D eigenvalue weighted by Gasteiger charge is 2.17. The maximum absolute atomic E-state index is 12.0. The number of fused-ring (bicyclic) bond motifs is 1. The van der Waals surface area contributed by atoms with Crippen molar-refractivity contribution in [2.75, 3.05) is 13.1 Å². The largest absolute Gasteiger partial charge is 0.339 e. The fourth-order valence-electron chi connectivity index (χ4n) is 2.88. The summed E-state index contributed by atoms with van der Waals surface area (Å²) in [4.78, 5) is 14.0. The number of carbonyl (C=O) groups is 1. The molecule has 20 heavy (non-hydrogen) atoms. The standard InChI is InChI=1S/C17H18BrNO/c18-17-14(8-7-13-5-1-2-6-15(13)17)9-10-16(20)19-11-3-4-12-19/h1-2,5-6,9-10H,3-4,7-8,11-12H2. The summed E-state index contributed by atoms with van der Waals surface area (Å²) in [7, 11) is 0. The Bertz CT molecular complexity index is 582. The lowest BCUT2D eigenvalue weighted by Gasteiger charge is -2.18. The topological polar surface area (TPSA) is 20.3 Å². The molecule has 2 aliphatic rings. The number of halogens is 1. The first-order valence-corrected chi connectivity index (χ1v) is 7.99. The molecular weight excluding hydrogens is 314 g/mol. The van der Waals surface area contributed by atoms with Gasteiger partial charge in [0.25, 0.3) is 0 Å². The zero-order chi connectivity index (χ0) is 13.9. The van der Waals surface area contributed by atoms with Crippen molar-refractivity contribution in [2.24, 2.45) is 0 Å². The predicted octanol–water partition coefficient (Wildman–Crippen LogP) is 3.92. The summed E-state index contributed by atoms with van der Waals surface area (Å²) in [5.41, 5.74) is 3.85. The minimum atomic E-state index is 0.147. The summed E-state index contributed by atoms with van der Waals surface area (Å²) in [5.74, 6) is 0.147. The minimum Gasteiger partial charge on any atom is -0.339 e. The number of rotatable bonds is 2. The summed E-state index contributed by atoms with van der Waals surface area (Å²) >= 11 is 3.69. The van der Waals surface area contributed by atoms with Gasteiger partial charge in [-0.2, -0.15) is 0 Å². The van der Waals surface area contributed by atoms with Crippen molar-refractivity contribution >= 4 is 26.3 Å². The van der Waals surface area contributed by atoms with Gasteiger partial charge in [-0.25, -0.2) is 0 Å². The summed E-state index contributed by atoms with van der Waals surface area (Å²) in [6, 6.07) is 8.44.